The van der Waals surface area contributed by atoms with Crippen molar-refractivity contribution in [3.63, 3.8) is 0 Å². The number of carbonyl (C=O) groups is 1. The van der Waals surface area contributed by atoms with Crippen molar-refractivity contribution in [3.05, 3.63) is 59.2 Å². The van der Waals surface area contributed by atoms with Crippen molar-refractivity contribution in [2.75, 3.05) is 27.3 Å². The van der Waals surface area contributed by atoms with Gasteiger partial charge in [0.25, 0.3) is 0 Å². The Morgan fingerprint density at radius 3 is 2.39 bits per heavy atom. The molecule has 3 rings (SSSR count). The summed E-state index contributed by atoms with van der Waals surface area (Å²) in [7, 11) is 3.03. The lowest BCUT2D eigenvalue weighted by molar-refractivity contribution is -0.143. The summed E-state index contributed by atoms with van der Waals surface area (Å²) < 4.78 is 39.1. The molecule has 1 fully saturated rings. The monoisotopic (exact) mass is 391 g/mol. The molecule has 1 heterocycles. The van der Waals surface area contributed by atoms with Crippen LogP contribution in [0.1, 0.15) is 30.0 Å². The molecule has 0 radical (unpaired) electrons. The van der Waals surface area contributed by atoms with Crippen LogP contribution in [0.3, 0.4) is 0 Å². The van der Waals surface area contributed by atoms with Gasteiger partial charge in [-0.15, -0.1) is 0 Å². The standard InChI is InChI=1S/C21H23F2NO4/c1-27-18-5-3-4-16(20(18)28-2)19(15-7-6-14(22)12-17(15)23)24-10-8-13(9-11-24)21(25)26/h3-7,12-13,19H,8-11H2,1-2H3,(H,25,26). The number of carboxylic acids is 1. The van der Waals surface area contributed by atoms with Crippen molar-refractivity contribution in [2.45, 2.75) is 18.9 Å². The number of para-hydroxylation sites is 1. The molecule has 1 aliphatic heterocycles. The molecule has 150 valence electrons. The van der Waals surface area contributed by atoms with Gasteiger partial charge < -0.3 is 14.6 Å². The van der Waals surface area contributed by atoms with Crippen molar-refractivity contribution in [3.8, 4) is 11.5 Å². The van der Waals surface area contributed by atoms with Gasteiger partial charge in [-0.2, -0.15) is 0 Å². The van der Waals surface area contributed by atoms with Crippen LogP contribution in [0.5, 0.6) is 11.5 Å². The average molecular weight is 391 g/mol. The number of likely N-dealkylation sites (tertiary alicyclic amines) is 1. The average Bonchev–Trinajstić information content (AvgIpc) is 2.69. The molecule has 1 atom stereocenters. The second-order valence-electron chi connectivity index (χ2n) is 6.80. The number of rotatable bonds is 6. The highest BCUT2D eigenvalue weighted by Gasteiger charge is 2.33. The summed E-state index contributed by atoms with van der Waals surface area (Å²) in [6, 6.07) is 8.31. The summed E-state index contributed by atoms with van der Waals surface area (Å²) in [5.74, 6) is -1.56. The fourth-order valence-corrected chi connectivity index (χ4v) is 3.82. The maximum Gasteiger partial charge on any atom is 0.306 e. The number of carboxylic acid groups (broad SMARTS) is 1. The Morgan fingerprint density at radius 1 is 1.11 bits per heavy atom. The molecular formula is C21H23F2NO4. The van der Waals surface area contributed by atoms with E-state index >= 15 is 0 Å². The van der Waals surface area contributed by atoms with Crippen LogP contribution in [0.25, 0.3) is 0 Å². The second-order valence-corrected chi connectivity index (χ2v) is 6.80. The van der Waals surface area contributed by atoms with Crippen LogP contribution in [0.15, 0.2) is 36.4 Å². The molecule has 1 N–H and O–H groups in total. The van der Waals surface area contributed by atoms with Gasteiger partial charge in [0.15, 0.2) is 11.5 Å². The first kappa shape index (κ1) is 20.1. The van der Waals surface area contributed by atoms with E-state index in [0.29, 0.717) is 48.6 Å². The normalized spacial score (nSPS) is 16.6. The molecule has 0 amide bonds. The van der Waals surface area contributed by atoms with Crippen molar-refractivity contribution in [1.82, 2.24) is 4.90 Å². The summed E-state index contributed by atoms with van der Waals surface area (Å²) in [5.41, 5.74) is 0.989. The zero-order valence-corrected chi connectivity index (χ0v) is 15.8. The molecule has 2 aromatic carbocycles. The number of benzene rings is 2. The molecule has 28 heavy (non-hydrogen) atoms. The Labute approximate surface area is 162 Å². The van der Waals surface area contributed by atoms with Crippen LogP contribution in [-0.2, 0) is 4.79 Å². The van der Waals surface area contributed by atoms with Gasteiger partial charge in [0.2, 0.25) is 0 Å². The van der Waals surface area contributed by atoms with Gasteiger partial charge >= 0.3 is 5.97 Å². The minimum Gasteiger partial charge on any atom is -0.493 e. The minimum atomic E-state index is -0.817. The molecule has 0 bridgehead atoms. The summed E-state index contributed by atoms with van der Waals surface area (Å²) in [4.78, 5) is 13.3. The van der Waals surface area contributed by atoms with Gasteiger partial charge in [0, 0.05) is 17.2 Å². The van der Waals surface area contributed by atoms with E-state index < -0.39 is 29.6 Å². The summed E-state index contributed by atoms with van der Waals surface area (Å²) in [5, 5.41) is 9.27. The maximum atomic E-state index is 14.7. The number of piperidine rings is 1. The number of nitrogens with zero attached hydrogens (tertiary/aromatic N) is 1. The Kier molecular flexibility index (Phi) is 6.14. The highest BCUT2D eigenvalue weighted by Crippen LogP contribution is 2.42. The molecule has 2 aromatic rings. The number of halogens is 2. The first-order chi connectivity index (χ1) is 13.5. The molecular weight excluding hydrogens is 368 g/mol. The van der Waals surface area contributed by atoms with E-state index in [2.05, 4.69) is 0 Å². The molecule has 5 nitrogen and oxygen atoms in total. The SMILES string of the molecule is COc1cccc(C(c2ccc(F)cc2F)N2CCC(C(=O)O)CC2)c1OC. The Balaban J connectivity index is 2.07. The Bertz CT molecular complexity index is 850. The lowest BCUT2D eigenvalue weighted by atomic mass is 9.90. The van der Waals surface area contributed by atoms with Gasteiger partial charge in [0.1, 0.15) is 11.6 Å². The first-order valence-electron chi connectivity index (χ1n) is 9.09. The van der Waals surface area contributed by atoms with Crippen molar-refractivity contribution >= 4 is 5.97 Å². The summed E-state index contributed by atoms with van der Waals surface area (Å²) in [6.45, 7) is 0.942. The van der Waals surface area contributed by atoms with Crippen molar-refractivity contribution in [1.29, 1.82) is 0 Å². The van der Waals surface area contributed by atoms with Gasteiger partial charge in [-0.25, -0.2) is 8.78 Å². The van der Waals surface area contributed by atoms with Gasteiger partial charge in [-0.05, 0) is 38.1 Å². The van der Waals surface area contributed by atoms with Crippen LogP contribution in [-0.4, -0.2) is 43.3 Å². The van der Waals surface area contributed by atoms with Crippen LogP contribution >= 0.6 is 0 Å². The van der Waals surface area contributed by atoms with Crippen LogP contribution < -0.4 is 9.47 Å². The van der Waals surface area contributed by atoms with Crippen molar-refractivity contribution < 1.29 is 28.2 Å². The van der Waals surface area contributed by atoms with E-state index in [1.54, 1.807) is 12.1 Å². The van der Waals surface area contributed by atoms with Crippen LogP contribution in [0.4, 0.5) is 8.78 Å². The topological polar surface area (TPSA) is 59.0 Å². The van der Waals surface area contributed by atoms with Crippen molar-refractivity contribution in [2.24, 2.45) is 5.92 Å². The highest BCUT2D eigenvalue weighted by molar-refractivity contribution is 5.70. The van der Waals surface area contributed by atoms with Gasteiger partial charge in [-0.3, -0.25) is 9.69 Å². The van der Waals surface area contributed by atoms with Gasteiger partial charge in [-0.1, -0.05) is 18.2 Å². The van der Waals surface area contributed by atoms with E-state index in [9.17, 15) is 18.7 Å². The van der Waals surface area contributed by atoms with E-state index in [-0.39, 0.29) is 0 Å². The third kappa shape index (κ3) is 3.94. The van der Waals surface area contributed by atoms with E-state index in [4.69, 9.17) is 9.47 Å². The largest absolute Gasteiger partial charge is 0.493 e. The fourth-order valence-electron chi connectivity index (χ4n) is 3.82. The molecule has 7 heteroatoms. The Morgan fingerprint density at radius 2 is 1.82 bits per heavy atom. The zero-order chi connectivity index (χ0) is 20.3. The molecule has 1 unspecified atom stereocenters. The third-order valence-electron chi connectivity index (χ3n) is 5.23. The zero-order valence-electron chi connectivity index (χ0n) is 15.8. The molecule has 1 aliphatic rings. The number of hydrogen-bond donors (Lipinski definition) is 1. The first-order valence-corrected chi connectivity index (χ1v) is 9.09. The van der Waals surface area contributed by atoms with E-state index in [1.807, 2.05) is 11.0 Å². The lowest BCUT2D eigenvalue weighted by Crippen LogP contribution is -2.39. The van der Waals surface area contributed by atoms with Crippen LogP contribution in [0.2, 0.25) is 0 Å². The number of ether oxygens (including phenoxy) is 2. The van der Waals surface area contributed by atoms with E-state index in [1.165, 1.54) is 26.4 Å². The minimum absolute atomic E-state index is 0.307. The second kappa shape index (κ2) is 8.56. The Hall–Kier alpha value is -2.67. The summed E-state index contributed by atoms with van der Waals surface area (Å²) >= 11 is 0. The van der Waals surface area contributed by atoms with Crippen LogP contribution in [0, 0.1) is 17.6 Å². The van der Waals surface area contributed by atoms with E-state index in [0.717, 1.165) is 6.07 Å². The predicted molar refractivity (Wildman–Crippen MR) is 99.7 cm³/mol. The lowest BCUT2D eigenvalue weighted by Gasteiger charge is -2.37. The maximum absolute atomic E-state index is 14.7. The predicted octanol–water partition coefficient (Wildman–Crippen LogP) is 3.87. The molecule has 1 saturated heterocycles. The quantitative estimate of drug-likeness (QED) is 0.810. The van der Waals surface area contributed by atoms with Gasteiger partial charge in [0.05, 0.1) is 26.2 Å². The fraction of sp³-hybridized carbons (Fsp3) is 0.381. The molecule has 0 aromatic heterocycles. The molecule has 0 saturated carbocycles. The number of aliphatic carboxylic acids is 1. The number of methoxy groups -OCH3 is 2. The third-order valence-corrected chi connectivity index (χ3v) is 5.23. The molecule has 0 spiro atoms. The summed E-state index contributed by atoms with van der Waals surface area (Å²) in [6.07, 6.45) is 0.919. The highest BCUT2D eigenvalue weighted by atomic mass is 19.1. The number of hydrogen-bond acceptors (Lipinski definition) is 4. The molecule has 0 aliphatic carbocycles. The smallest absolute Gasteiger partial charge is 0.306 e.